The molecule has 5 heteroatoms. The van der Waals surface area contributed by atoms with Gasteiger partial charge in [0.05, 0.1) is 0 Å². The second kappa shape index (κ2) is 9.43. The zero-order valence-electron chi connectivity index (χ0n) is 17.6. The number of piperidine rings is 1. The quantitative estimate of drug-likeness (QED) is 0.584. The van der Waals surface area contributed by atoms with Gasteiger partial charge in [0.25, 0.3) is 0 Å². The lowest BCUT2D eigenvalue weighted by Gasteiger charge is -2.32. The maximum atomic E-state index is 12.9. The van der Waals surface area contributed by atoms with Crippen molar-refractivity contribution in [3.63, 3.8) is 0 Å². The van der Waals surface area contributed by atoms with Crippen molar-refractivity contribution in [3.05, 3.63) is 71.2 Å². The van der Waals surface area contributed by atoms with E-state index in [0.717, 1.165) is 44.5 Å². The molecule has 2 N–H and O–H groups in total. The molecule has 158 valence electrons. The fourth-order valence-electron chi connectivity index (χ4n) is 4.42. The van der Waals surface area contributed by atoms with E-state index in [0.29, 0.717) is 18.9 Å². The Kier molecular flexibility index (Phi) is 6.48. The van der Waals surface area contributed by atoms with Gasteiger partial charge < -0.3 is 10.3 Å². The van der Waals surface area contributed by atoms with E-state index in [1.54, 1.807) is 12.1 Å². The minimum absolute atomic E-state index is 0.0798. The van der Waals surface area contributed by atoms with Crippen molar-refractivity contribution in [2.45, 2.75) is 45.7 Å². The van der Waals surface area contributed by atoms with E-state index in [-0.39, 0.29) is 11.7 Å². The molecule has 0 atom stereocenters. The Bertz CT molecular complexity index is 987. The highest BCUT2D eigenvalue weighted by Crippen LogP contribution is 2.27. The molecule has 0 spiro atoms. The van der Waals surface area contributed by atoms with E-state index in [2.05, 4.69) is 46.4 Å². The molecule has 1 aromatic heterocycles. The zero-order valence-corrected chi connectivity index (χ0v) is 17.6. The van der Waals surface area contributed by atoms with Crippen molar-refractivity contribution in [2.75, 3.05) is 13.1 Å². The molecule has 4 nitrogen and oxygen atoms in total. The van der Waals surface area contributed by atoms with Gasteiger partial charge in [0.2, 0.25) is 5.91 Å². The second-order valence-electron chi connectivity index (χ2n) is 8.44. The largest absolute Gasteiger partial charge is 0.358 e. The molecule has 0 bridgehead atoms. The number of halogens is 1. The van der Waals surface area contributed by atoms with Gasteiger partial charge >= 0.3 is 0 Å². The monoisotopic (exact) mass is 407 g/mol. The maximum absolute atomic E-state index is 12.9. The SMILES string of the molecule is Cc1[nH]c2ccccc2c1CN1CCC(CCC(=O)NCc2ccc(F)cc2)CC1. The average Bonchev–Trinajstić information content (AvgIpc) is 3.08. The Morgan fingerprint density at radius 3 is 2.63 bits per heavy atom. The summed E-state index contributed by atoms with van der Waals surface area (Å²) in [4.78, 5) is 18.2. The van der Waals surface area contributed by atoms with Gasteiger partial charge in [0.1, 0.15) is 5.82 Å². The molecule has 1 aliphatic heterocycles. The topological polar surface area (TPSA) is 48.1 Å². The number of likely N-dealkylation sites (tertiary alicyclic amines) is 1. The van der Waals surface area contributed by atoms with Crippen LogP contribution in [-0.2, 0) is 17.9 Å². The van der Waals surface area contributed by atoms with Crippen molar-refractivity contribution in [1.29, 1.82) is 0 Å². The molecule has 3 aromatic rings. The van der Waals surface area contributed by atoms with Crippen LogP contribution in [0.25, 0.3) is 10.9 Å². The Morgan fingerprint density at radius 1 is 1.13 bits per heavy atom. The number of carbonyl (C=O) groups excluding carboxylic acids is 1. The van der Waals surface area contributed by atoms with E-state index in [9.17, 15) is 9.18 Å². The molecule has 1 fully saturated rings. The third-order valence-electron chi connectivity index (χ3n) is 6.30. The van der Waals surface area contributed by atoms with Crippen molar-refractivity contribution in [3.8, 4) is 0 Å². The Labute approximate surface area is 177 Å². The molecule has 0 saturated carbocycles. The van der Waals surface area contributed by atoms with Gasteiger partial charge in [-0.2, -0.15) is 0 Å². The van der Waals surface area contributed by atoms with Crippen molar-refractivity contribution >= 4 is 16.8 Å². The number of aromatic amines is 1. The van der Waals surface area contributed by atoms with Crippen LogP contribution in [0.1, 0.15) is 42.5 Å². The van der Waals surface area contributed by atoms with E-state index in [1.165, 1.54) is 34.3 Å². The number of fused-ring (bicyclic) bond motifs is 1. The van der Waals surface area contributed by atoms with Crippen LogP contribution in [0, 0.1) is 18.7 Å². The lowest BCUT2D eigenvalue weighted by atomic mass is 9.91. The van der Waals surface area contributed by atoms with E-state index in [1.807, 2.05) is 0 Å². The number of amides is 1. The number of carbonyl (C=O) groups is 1. The minimum Gasteiger partial charge on any atom is -0.358 e. The first-order valence-electron chi connectivity index (χ1n) is 10.9. The number of H-pyrrole nitrogens is 1. The molecule has 0 aliphatic carbocycles. The first kappa shape index (κ1) is 20.6. The highest BCUT2D eigenvalue weighted by molar-refractivity contribution is 5.84. The van der Waals surface area contributed by atoms with Crippen LogP contribution in [0.5, 0.6) is 0 Å². The summed E-state index contributed by atoms with van der Waals surface area (Å²) >= 11 is 0. The van der Waals surface area contributed by atoms with Crippen LogP contribution in [0.4, 0.5) is 4.39 Å². The molecule has 1 aliphatic rings. The third kappa shape index (κ3) is 5.08. The Hall–Kier alpha value is -2.66. The lowest BCUT2D eigenvalue weighted by molar-refractivity contribution is -0.121. The number of benzene rings is 2. The Morgan fingerprint density at radius 2 is 1.87 bits per heavy atom. The summed E-state index contributed by atoms with van der Waals surface area (Å²) in [5, 5.41) is 4.27. The van der Waals surface area contributed by atoms with Crippen LogP contribution in [0.15, 0.2) is 48.5 Å². The Balaban J connectivity index is 1.19. The number of nitrogens with one attached hydrogen (secondary N) is 2. The fraction of sp³-hybridized carbons (Fsp3) is 0.400. The molecule has 2 heterocycles. The number of aryl methyl sites for hydroxylation is 1. The van der Waals surface area contributed by atoms with Crippen molar-refractivity contribution < 1.29 is 9.18 Å². The maximum Gasteiger partial charge on any atom is 0.220 e. The average molecular weight is 408 g/mol. The number of aromatic nitrogens is 1. The first-order valence-corrected chi connectivity index (χ1v) is 10.9. The number of rotatable bonds is 7. The molecule has 0 unspecified atom stereocenters. The van der Waals surface area contributed by atoms with Gasteiger partial charge in [-0.25, -0.2) is 4.39 Å². The number of nitrogens with zero attached hydrogens (tertiary/aromatic N) is 1. The van der Waals surface area contributed by atoms with Crippen LogP contribution in [0.2, 0.25) is 0 Å². The van der Waals surface area contributed by atoms with Crippen LogP contribution < -0.4 is 5.32 Å². The first-order chi connectivity index (χ1) is 14.6. The molecule has 1 amide bonds. The number of para-hydroxylation sites is 1. The predicted molar refractivity (Wildman–Crippen MR) is 119 cm³/mol. The van der Waals surface area contributed by atoms with Gasteiger partial charge in [0.15, 0.2) is 0 Å². The van der Waals surface area contributed by atoms with Crippen molar-refractivity contribution in [2.24, 2.45) is 5.92 Å². The van der Waals surface area contributed by atoms with Gasteiger partial charge in [0, 0.05) is 36.1 Å². The van der Waals surface area contributed by atoms with Gasteiger partial charge in [-0.1, -0.05) is 30.3 Å². The van der Waals surface area contributed by atoms with Gasteiger partial charge in [-0.05, 0) is 74.5 Å². The summed E-state index contributed by atoms with van der Waals surface area (Å²) in [6.45, 7) is 5.77. The van der Waals surface area contributed by atoms with Gasteiger partial charge in [-0.3, -0.25) is 9.69 Å². The molecule has 2 aromatic carbocycles. The normalized spacial score (nSPS) is 15.5. The molecule has 0 radical (unpaired) electrons. The summed E-state index contributed by atoms with van der Waals surface area (Å²) in [5.74, 6) is 0.439. The van der Waals surface area contributed by atoms with E-state index < -0.39 is 0 Å². The van der Waals surface area contributed by atoms with Gasteiger partial charge in [-0.15, -0.1) is 0 Å². The van der Waals surface area contributed by atoms with Crippen molar-refractivity contribution in [1.82, 2.24) is 15.2 Å². The number of hydrogen-bond donors (Lipinski definition) is 2. The molecular formula is C25H30FN3O. The van der Waals surface area contributed by atoms with E-state index >= 15 is 0 Å². The fourth-order valence-corrected chi connectivity index (χ4v) is 4.42. The summed E-state index contributed by atoms with van der Waals surface area (Å²) in [7, 11) is 0. The second-order valence-corrected chi connectivity index (χ2v) is 8.44. The third-order valence-corrected chi connectivity index (χ3v) is 6.30. The zero-order chi connectivity index (χ0) is 20.9. The molecule has 30 heavy (non-hydrogen) atoms. The summed E-state index contributed by atoms with van der Waals surface area (Å²) in [6, 6.07) is 14.8. The molecular weight excluding hydrogens is 377 g/mol. The van der Waals surface area contributed by atoms with Crippen LogP contribution in [0.3, 0.4) is 0 Å². The standard InChI is InChI=1S/C25H30FN3O/c1-18-23(22-4-2-3-5-24(22)28-18)17-29-14-12-19(13-15-29)8-11-25(30)27-16-20-6-9-21(26)10-7-20/h2-7,9-10,19,28H,8,11-17H2,1H3,(H,27,30). The number of hydrogen-bond acceptors (Lipinski definition) is 2. The smallest absolute Gasteiger partial charge is 0.220 e. The van der Waals surface area contributed by atoms with Crippen LogP contribution >= 0.6 is 0 Å². The lowest BCUT2D eigenvalue weighted by Crippen LogP contribution is -2.34. The summed E-state index contributed by atoms with van der Waals surface area (Å²) in [6.07, 6.45) is 3.79. The van der Waals surface area contributed by atoms with Crippen LogP contribution in [-0.4, -0.2) is 28.9 Å². The van der Waals surface area contributed by atoms with E-state index in [4.69, 9.17) is 0 Å². The predicted octanol–water partition coefficient (Wildman–Crippen LogP) is 4.92. The molecule has 1 saturated heterocycles. The minimum atomic E-state index is -0.253. The highest BCUT2D eigenvalue weighted by atomic mass is 19.1. The summed E-state index contributed by atoms with van der Waals surface area (Å²) < 4.78 is 12.9. The molecule has 4 rings (SSSR count). The highest BCUT2D eigenvalue weighted by Gasteiger charge is 2.21. The summed E-state index contributed by atoms with van der Waals surface area (Å²) in [5.41, 5.74) is 4.80.